The molecule has 1 saturated carbocycles. The zero-order valence-electron chi connectivity index (χ0n) is 13.4. The highest BCUT2D eigenvalue weighted by Crippen LogP contribution is 2.28. The summed E-state index contributed by atoms with van der Waals surface area (Å²) in [6.45, 7) is 4.10. The van der Waals surface area contributed by atoms with E-state index in [0.717, 1.165) is 29.9 Å². The highest BCUT2D eigenvalue weighted by molar-refractivity contribution is 5.90. The summed E-state index contributed by atoms with van der Waals surface area (Å²) in [5.74, 6) is 1.34. The minimum absolute atomic E-state index is 0.0289. The van der Waals surface area contributed by atoms with E-state index in [0.29, 0.717) is 18.1 Å². The largest absolute Gasteiger partial charge is 0.441 e. The highest BCUT2D eigenvalue weighted by Gasteiger charge is 2.32. The highest BCUT2D eigenvalue weighted by atomic mass is 16.4. The predicted molar refractivity (Wildman–Crippen MR) is 87.2 cm³/mol. The van der Waals surface area contributed by atoms with Crippen molar-refractivity contribution >= 4 is 11.7 Å². The number of hydrogen-bond donors (Lipinski definition) is 2. The number of anilines is 1. The molecule has 2 amide bonds. The van der Waals surface area contributed by atoms with Gasteiger partial charge in [0.15, 0.2) is 0 Å². The minimum Gasteiger partial charge on any atom is -0.441 e. The number of rotatable bonds is 5. The summed E-state index contributed by atoms with van der Waals surface area (Å²) in [6, 6.07) is 7.49. The average Bonchev–Trinajstić information content (AvgIpc) is 3.31. The second kappa shape index (κ2) is 6.42. The predicted octanol–water partition coefficient (Wildman–Crippen LogP) is 2.95. The summed E-state index contributed by atoms with van der Waals surface area (Å²) in [6.07, 6.45) is 2.00. The molecule has 0 radical (unpaired) electrons. The Kier molecular flexibility index (Phi) is 4.34. The van der Waals surface area contributed by atoms with Crippen LogP contribution in [0.5, 0.6) is 0 Å². The molecule has 1 aromatic heterocycles. The lowest BCUT2D eigenvalue weighted by atomic mass is 10.2. The van der Waals surface area contributed by atoms with Gasteiger partial charge in [0.25, 0.3) is 0 Å². The van der Waals surface area contributed by atoms with Gasteiger partial charge in [-0.2, -0.15) is 0 Å². The smallest absolute Gasteiger partial charge is 0.322 e. The molecule has 6 nitrogen and oxygen atoms in total. The first kappa shape index (κ1) is 15.6. The standard InChI is InChI=1S/C17H21N3O3/c1-11-12(2)23-16(18-11)13-4-3-5-14(10-13)19-17(22)20(8-9-21)15-6-7-15/h3-5,10,15,21H,6-9H2,1-2H3,(H,19,22). The van der Waals surface area contributed by atoms with Crippen LogP contribution in [0.1, 0.15) is 24.3 Å². The van der Waals surface area contributed by atoms with Gasteiger partial charge in [0.05, 0.1) is 12.3 Å². The van der Waals surface area contributed by atoms with E-state index in [1.165, 1.54) is 0 Å². The molecule has 122 valence electrons. The number of benzene rings is 1. The van der Waals surface area contributed by atoms with Crippen LogP contribution in [0.2, 0.25) is 0 Å². The van der Waals surface area contributed by atoms with E-state index in [4.69, 9.17) is 9.52 Å². The molecule has 1 heterocycles. The molecule has 6 heteroatoms. The van der Waals surface area contributed by atoms with Gasteiger partial charge in [-0.25, -0.2) is 9.78 Å². The normalized spacial score (nSPS) is 13.9. The maximum absolute atomic E-state index is 12.4. The van der Waals surface area contributed by atoms with Crippen molar-refractivity contribution in [1.82, 2.24) is 9.88 Å². The molecular formula is C17H21N3O3. The van der Waals surface area contributed by atoms with Gasteiger partial charge < -0.3 is 19.7 Å². The first-order valence-electron chi connectivity index (χ1n) is 7.81. The van der Waals surface area contributed by atoms with E-state index < -0.39 is 0 Å². The summed E-state index contributed by atoms with van der Waals surface area (Å²) in [5.41, 5.74) is 2.36. The molecule has 0 spiro atoms. The van der Waals surface area contributed by atoms with Crippen LogP contribution in [-0.4, -0.2) is 40.2 Å². The van der Waals surface area contributed by atoms with E-state index in [2.05, 4.69) is 10.3 Å². The molecule has 1 aliphatic carbocycles. The number of nitrogens with zero attached hydrogens (tertiary/aromatic N) is 2. The Hall–Kier alpha value is -2.34. The number of amides is 2. The molecule has 2 N–H and O–H groups in total. The Morgan fingerprint density at radius 3 is 2.83 bits per heavy atom. The van der Waals surface area contributed by atoms with Crippen LogP contribution >= 0.6 is 0 Å². The molecule has 3 rings (SSSR count). The van der Waals surface area contributed by atoms with E-state index in [-0.39, 0.29) is 18.7 Å². The van der Waals surface area contributed by atoms with Gasteiger partial charge in [-0.3, -0.25) is 0 Å². The molecule has 1 fully saturated rings. The average molecular weight is 315 g/mol. The zero-order chi connectivity index (χ0) is 16.4. The Labute approximate surface area is 135 Å². The van der Waals surface area contributed by atoms with Crippen molar-refractivity contribution in [3.05, 3.63) is 35.7 Å². The van der Waals surface area contributed by atoms with E-state index in [9.17, 15) is 4.79 Å². The van der Waals surface area contributed by atoms with Crippen LogP contribution in [0.15, 0.2) is 28.7 Å². The molecule has 0 aliphatic heterocycles. The first-order valence-corrected chi connectivity index (χ1v) is 7.81. The molecule has 0 unspecified atom stereocenters. The molecule has 0 saturated heterocycles. The van der Waals surface area contributed by atoms with Gasteiger partial charge in [0.1, 0.15) is 5.76 Å². The topological polar surface area (TPSA) is 78.6 Å². The lowest BCUT2D eigenvalue weighted by Gasteiger charge is -2.21. The fraction of sp³-hybridized carbons (Fsp3) is 0.412. The van der Waals surface area contributed by atoms with Crippen molar-refractivity contribution in [3.8, 4) is 11.5 Å². The Balaban J connectivity index is 1.75. The molecule has 2 aromatic rings. The Morgan fingerprint density at radius 2 is 2.22 bits per heavy atom. The summed E-state index contributed by atoms with van der Waals surface area (Å²) >= 11 is 0. The summed E-state index contributed by atoms with van der Waals surface area (Å²) in [5, 5.41) is 12.0. The molecular weight excluding hydrogens is 294 g/mol. The second-order valence-corrected chi connectivity index (χ2v) is 5.82. The van der Waals surface area contributed by atoms with Gasteiger partial charge in [0.2, 0.25) is 5.89 Å². The Morgan fingerprint density at radius 1 is 1.43 bits per heavy atom. The van der Waals surface area contributed by atoms with Gasteiger partial charge >= 0.3 is 6.03 Å². The SMILES string of the molecule is Cc1nc(-c2cccc(NC(=O)N(CCO)C3CC3)c2)oc1C. The van der Waals surface area contributed by atoms with E-state index in [1.807, 2.05) is 38.1 Å². The quantitative estimate of drug-likeness (QED) is 0.889. The van der Waals surface area contributed by atoms with E-state index in [1.54, 1.807) is 4.90 Å². The molecule has 0 bridgehead atoms. The molecule has 0 atom stereocenters. The number of aliphatic hydroxyl groups excluding tert-OH is 1. The van der Waals surface area contributed by atoms with Crippen molar-refractivity contribution in [3.63, 3.8) is 0 Å². The number of aliphatic hydroxyl groups is 1. The van der Waals surface area contributed by atoms with Gasteiger partial charge in [-0.15, -0.1) is 0 Å². The number of urea groups is 1. The monoisotopic (exact) mass is 315 g/mol. The van der Waals surface area contributed by atoms with E-state index >= 15 is 0 Å². The fourth-order valence-electron chi connectivity index (χ4n) is 2.47. The second-order valence-electron chi connectivity index (χ2n) is 5.82. The van der Waals surface area contributed by atoms with Crippen LogP contribution < -0.4 is 5.32 Å². The number of carbonyl (C=O) groups excluding carboxylic acids is 1. The summed E-state index contributed by atoms with van der Waals surface area (Å²) < 4.78 is 5.63. The van der Waals surface area contributed by atoms with Crippen molar-refractivity contribution in [2.24, 2.45) is 0 Å². The fourth-order valence-corrected chi connectivity index (χ4v) is 2.47. The number of aryl methyl sites for hydroxylation is 2. The lowest BCUT2D eigenvalue weighted by molar-refractivity contribution is 0.185. The third-order valence-corrected chi connectivity index (χ3v) is 3.98. The van der Waals surface area contributed by atoms with Crippen LogP contribution in [0.3, 0.4) is 0 Å². The van der Waals surface area contributed by atoms with Crippen molar-refractivity contribution < 1.29 is 14.3 Å². The first-order chi connectivity index (χ1) is 11.1. The minimum atomic E-state index is -0.182. The maximum Gasteiger partial charge on any atom is 0.322 e. The zero-order valence-corrected chi connectivity index (χ0v) is 13.4. The molecule has 23 heavy (non-hydrogen) atoms. The number of oxazole rings is 1. The van der Waals surface area contributed by atoms with Gasteiger partial charge in [-0.1, -0.05) is 6.07 Å². The summed E-state index contributed by atoms with van der Waals surface area (Å²) in [4.78, 5) is 18.4. The number of nitrogens with one attached hydrogen (secondary N) is 1. The third kappa shape index (κ3) is 3.53. The maximum atomic E-state index is 12.4. The van der Waals surface area contributed by atoms with Crippen LogP contribution in [0, 0.1) is 13.8 Å². The summed E-state index contributed by atoms with van der Waals surface area (Å²) in [7, 11) is 0. The van der Waals surface area contributed by atoms with Crippen LogP contribution in [-0.2, 0) is 0 Å². The van der Waals surface area contributed by atoms with Gasteiger partial charge in [0, 0.05) is 23.8 Å². The third-order valence-electron chi connectivity index (χ3n) is 3.98. The molecule has 1 aromatic carbocycles. The number of aromatic nitrogens is 1. The Bertz CT molecular complexity index is 687. The molecule has 1 aliphatic rings. The van der Waals surface area contributed by atoms with Crippen LogP contribution in [0.4, 0.5) is 10.5 Å². The van der Waals surface area contributed by atoms with Crippen LogP contribution in [0.25, 0.3) is 11.5 Å². The number of hydrogen-bond acceptors (Lipinski definition) is 4. The van der Waals surface area contributed by atoms with Crippen molar-refractivity contribution in [1.29, 1.82) is 0 Å². The van der Waals surface area contributed by atoms with Crippen molar-refractivity contribution in [2.45, 2.75) is 32.7 Å². The number of carbonyl (C=O) groups is 1. The lowest BCUT2D eigenvalue weighted by Crippen LogP contribution is -2.38. The van der Waals surface area contributed by atoms with Gasteiger partial charge in [-0.05, 0) is 44.9 Å². The van der Waals surface area contributed by atoms with Crippen molar-refractivity contribution in [2.75, 3.05) is 18.5 Å².